The van der Waals surface area contributed by atoms with Crippen LogP contribution in [0.1, 0.15) is 0 Å². The van der Waals surface area contributed by atoms with Gasteiger partial charge in [0.05, 0.1) is 17.8 Å². The van der Waals surface area contributed by atoms with Crippen molar-refractivity contribution in [3.05, 3.63) is 0 Å². The Balaban J connectivity index is 2.22. The highest BCUT2D eigenvalue weighted by Crippen LogP contribution is 2.53. The zero-order valence-electron chi connectivity index (χ0n) is 5.24. The third-order valence-electron chi connectivity index (χ3n) is 2.03. The lowest BCUT2D eigenvalue weighted by molar-refractivity contribution is -0.157. The highest BCUT2D eigenvalue weighted by molar-refractivity contribution is 6.65. The summed E-state index contributed by atoms with van der Waals surface area (Å²) in [7, 11) is 0. The number of hydrogen-bond donors (Lipinski definition) is 0. The molecule has 0 spiro atoms. The lowest BCUT2D eigenvalue weighted by atomic mass is 10.3. The summed E-state index contributed by atoms with van der Waals surface area (Å²) in [6, 6.07) is 0. The zero-order valence-corrected chi connectivity index (χ0v) is 6.00. The Hall–Kier alpha value is -0.900. The van der Waals surface area contributed by atoms with Crippen LogP contribution >= 0.6 is 11.6 Å². The minimum Gasteiger partial charge on any atom is -0.393 e. The fourth-order valence-electron chi connectivity index (χ4n) is 1.42. The molecule has 2 atom stereocenters. The molecule has 1 saturated carbocycles. The van der Waals surface area contributed by atoms with Gasteiger partial charge in [-0.2, -0.15) is 0 Å². The molecule has 2 fully saturated rings. The molecule has 0 aromatic rings. The summed E-state index contributed by atoms with van der Waals surface area (Å²) in [5.74, 6) is -2.98. The van der Waals surface area contributed by atoms with Gasteiger partial charge in [0.15, 0.2) is 0 Å². The van der Waals surface area contributed by atoms with Crippen LogP contribution in [0.2, 0.25) is 0 Å². The van der Waals surface area contributed by atoms with Gasteiger partial charge in [-0.3, -0.25) is 14.4 Å². The van der Waals surface area contributed by atoms with Crippen LogP contribution < -0.4 is 0 Å². The molecule has 0 bridgehead atoms. The molecule has 0 amide bonds. The van der Waals surface area contributed by atoms with Gasteiger partial charge in [0.1, 0.15) is 0 Å². The number of carbonyl (C=O) groups is 3. The molecule has 5 heteroatoms. The predicted molar refractivity (Wildman–Crippen MR) is 32.4 cm³/mol. The molecule has 2 unspecified atom stereocenters. The van der Waals surface area contributed by atoms with E-state index in [9.17, 15) is 14.4 Å². The molecule has 0 radical (unpaired) electrons. The molecule has 1 saturated heterocycles. The number of cyclic esters (lactones) is 2. The van der Waals surface area contributed by atoms with Gasteiger partial charge in [-0.25, -0.2) is 0 Å². The zero-order chi connectivity index (χ0) is 8.17. The molecule has 2 aliphatic rings. The second-order valence-electron chi connectivity index (χ2n) is 2.62. The van der Waals surface area contributed by atoms with Crippen molar-refractivity contribution in [2.45, 2.75) is 0 Å². The lowest BCUT2D eigenvalue weighted by Gasteiger charge is -1.95. The van der Waals surface area contributed by atoms with Crippen molar-refractivity contribution in [3.8, 4) is 0 Å². The maximum atomic E-state index is 10.7. The summed E-state index contributed by atoms with van der Waals surface area (Å²) >= 11 is 5.11. The van der Waals surface area contributed by atoms with Gasteiger partial charge in [0, 0.05) is 0 Å². The monoisotopic (exact) mass is 174 g/mol. The van der Waals surface area contributed by atoms with Crippen LogP contribution in [0.15, 0.2) is 0 Å². The van der Waals surface area contributed by atoms with Crippen LogP contribution in [0.3, 0.4) is 0 Å². The SMILES string of the molecule is O=C(Cl)C1C2C(=O)OC(=O)C12. The van der Waals surface area contributed by atoms with E-state index in [1.165, 1.54) is 0 Å². The van der Waals surface area contributed by atoms with E-state index in [4.69, 9.17) is 11.6 Å². The number of esters is 2. The topological polar surface area (TPSA) is 60.4 Å². The first kappa shape index (κ1) is 6.79. The molecule has 2 rings (SSSR count). The van der Waals surface area contributed by atoms with Crippen molar-refractivity contribution in [2.75, 3.05) is 0 Å². The third-order valence-corrected chi connectivity index (χ3v) is 2.28. The first-order valence-electron chi connectivity index (χ1n) is 3.08. The molecule has 4 nitrogen and oxygen atoms in total. The van der Waals surface area contributed by atoms with Crippen molar-refractivity contribution in [3.63, 3.8) is 0 Å². The van der Waals surface area contributed by atoms with E-state index >= 15 is 0 Å². The van der Waals surface area contributed by atoms with E-state index in [1.807, 2.05) is 0 Å². The summed E-state index contributed by atoms with van der Waals surface area (Å²) in [5, 5.41) is -0.620. The Morgan fingerprint density at radius 2 is 1.73 bits per heavy atom. The Bertz CT molecular complexity index is 245. The van der Waals surface area contributed by atoms with Crippen LogP contribution in [0.5, 0.6) is 0 Å². The van der Waals surface area contributed by atoms with E-state index in [0.29, 0.717) is 0 Å². The number of ether oxygens (including phenoxy) is 1. The average Bonchev–Trinajstić information content (AvgIpc) is 2.53. The van der Waals surface area contributed by atoms with Crippen molar-refractivity contribution in [1.29, 1.82) is 0 Å². The van der Waals surface area contributed by atoms with Gasteiger partial charge in [-0.15, -0.1) is 0 Å². The van der Waals surface area contributed by atoms with Gasteiger partial charge in [-0.1, -0.05) is 0 Å². The molecule has 0 aromatic carbocycles. The van der Waals surface area contributed by atoms with Crippen LogP contribution in [-0.2, 0) is 19.1 Å². The van der Waals surface area contributed by atoms with Crippen LogP contribution in [0.25, 0.3) is 0 Å². The van der Waals surface area contributed by atoms with E-state index in [0.717, 1.165) is 0 Å². The minimum atomic E-state index is -0.620. The average molecular weight is 175 g/mol. The van der Waals surface area contributed by atoms with Crippen LogP contribution in [0, 0.1) is 17.8 Å². The Kier molecular flexibility index (Phi) is 1.12. The third kappa shape index (κ3) is 0.728. The largest absolute Gasteiger partial charge is 0.393 e. The summed E-state index contributed by atoms with van der Waals surface area (Å²) in [4.78, 5) is 31.9. The van der Waals surface area contributed by atoms with Gasteiger partial charge >= 0.3 is 11.9 Å². The minimum absolute atomic E-state index is 0.576. The van der Waals surface area contributed by atoms with Crippen molar-refractivity contribution >= 4 is 28.8 Å². The summed E-state index contributed by atoms with van der Waals surface area (Å²) in [6.07, 6.45) is 0. The number of rotatable bonds is 1. The van der Waals surface area contributed by atoms with Gasteiger partial charge in [0.2, 0.25) is 5.24 Å². The maximum absolute atomic E-state index is 10.7. The number of hydrogen-bond acceptors (Lipinski definition) is 4. The van der Waals surface area contributed by atoms with E-state index in [1.54, 1.807) is 0 Å². The molecular formula is C6H3ClO4. The molecule has 1 heterocycles. The van der Waals surface area contributed by atoms with Gasteiger partial charge in [0.25, 0.3) is 0 Å². The molecule has 1 aliphatic heterocycles. The molecule has 0 N–H and O–H groups in total. The molecule has 1 aliphatic carbocycles. The molecular weight excluding hydrogens is 172 g/mol. The second-order valence-corrected chi connectivity index (χ2v) is 2.99. The Morgan fingerprint density at radius 1 is 1.27 bits per heavy atom. The fraction of sp³-hybridized carbons (Fsp3) is 0.500. The molecule has 11 heavy (non-hydrogen) atoms. The van der Waals surface area contributed by atoms with Gasteiger partial charge in [-0.05, 0) is 11.6 Å². The van der Waals surface area contributed by atoms with Crippen LogP contribution in [0.4, 0.5) is 0 Å². The molecule has 0 aromatic heterocycles. The first-order valence-corrected chi connectivity index (χ1v) is 3.45. The Morgan fingerprint density at radius 3 is 2.00 bits per heavy atom. The quantitative estimate of drug-likeness (QED) is 0.311. The first-order chi connectivity index (χ1) is 5.13. The smallest absolute Gasteiger partial charge is 0.318 e. The number of halogens is 1. The summed E-state index contributed by atoms with van der Waals surface area (Å²) in [6.45, 7) is 0. The van der Waals surface area contributed by atoms with E-state index < -0.39 is 34.9 Å². The fourth-order valence-corrected chi connectivity index (χ4v) is 1.69. The highest BCUT2D eigenvalue weighted by atomic mass is 35.5. The Labute approximate surface area is 66.5 Å². The number of fused-ring (bicyclic) bond motifs is 1. The van der Waals surface area contributed by atoms with E-state index in [2.05, 4.69) is 4.74 Å². The molecule has 58 valence electrons. The normalized spacial score (nSPS) is 39.9. The van der Waals surface area contributed by atoms with Gasteiger partial charge < -0.3 is 4.74 Å². The summed E-state index contributed by atoms with van der Waals surface area (Å²) in [5.41, 5.74) is 0. The predicted octanol–water partition coefficient (Wildman–Crippen LogP) is -0.303. The highest BCUT2D eigenvalue weighted by Gasteiger charge is 2.69. The van der Waals surface area contributed by atoms with Crippen LogP contribution in [-0.4, -0.2) is 17.2 Å². The van der Waals surface area contributed by atoms with E-state index in [-0.39, 0.29) is 0 Å². The van der Waals surface area contributed by atoms with Crippen molar-refractivity contribution in [1.82, 2.24) is 0 Å². The number of carbonyl (C=O) groups excluding carboxylic acids is 3. The summed E-state index contributed by atoms with van der Waals surface area (Å²) < 4.78 is 4.21. The maximum Gasteiger partial charge on any atom is 0.318 e. The second kappa shape index (κ2) is 1.82. The van der Waals surface area contributed by atoms with Crippen molar-refractivity contribution < 1.29 is 19.1 Å². The standard InChI is InChI=1S/C6H3ClO4/c7-4(8)1-2-3(1)6(10)11-5(2)9/h1-3H. The van der Waals surface area contributed by atoms with Crippen molar-refractivity contribution in [2.24, 2.45) is 17.8 Å². The lowest BCUT2D eigenvalue weighted by Crippen LogP contribution is -2.12.